The highest BCUT2D eigenvalue weighted by molar-refractivity contribution is 5.92. The van der Waals surface area contributed by atoms with Gasteiger partial charge >= 0.3 is 0 Å². The van der Waals surface area contributed by atoms with E-state index >= 15 is 0 Å². The zero-order valence-electron chi connectivity index (χ0n) is 16.1. The van der Waals surface area contributed by atoms with Crippen molar-refractivity contribution >= 4 is 11.6 Å². The number of para-hydroxylation sites is 2. The Bertz CT molecular complexity index is 1170. The van der Waals surface area contributed by atoms with Gasteiger partial charge in [-0.3, -0.25) is 4.79 Å². The van der Waals surface area contributed by atoms with Crippen LogP contribution in [0.15, 0.2) is 77.3 Å². The molecule has 1 amide bonds. The fourth-order valence-corrected chi connectivity index (χ4v) is 2.81. The SMILES string of the molecule is Cc1ccc(-c2noc(-c3ccccc3OCC(=O)Nc3ccccc3F)n2)cc1. The Balaban J connectivity index is 1.48. The van der Waals surface area contributed by atoms with Gasteiger partial charge in [0.15, 0.2) is 6.61 Å². The molecule has 4 rings (SSSR count). The molecule has 0 radical (unpaired) electrons. The third-order valence-corrected chi connectivity index (χ3v) is 4.36. The fourth-order valence-electron chi connectivity index (χ4n) is 2.81. The maximum absolute atomic E-state index is 13.7. The van der Waals surface area contributed by atoms with Crippen LogP contribution in [-0.2, 0) is 4.79 Å². The molecule has 0 aliphatic heterocycles. The number of anilines is 1. The molecule has 0 aliphatic carbocycles. The van der Waals surface area contributed by atoms with Gasteiger partial charge in [0.1, 0.15) is 11.6 Å². The summed E-state index contributed by atoms with van der Waals surface area (Å²) in [5, 5.41) is 6.51. The van der Waals surface area contributed by atoms with Gasteiger partial charge in [-0.1, -0.05) is 59.3 Å². The predicted molar refractivity (Wildman–Crippen MR) is 110 cm³/mol. The van der Waals surface area contributed by atoms with E-state index in [1.807, 2.05) is 31.2 Å². The van der Waals surface area contributed by atoms with Crippen molar-refractivity contribution in [3.8, 4) is 28.6 Å². The number of hydrogen-bond donors (Lipinski definition) is 1. The van der Waals surface area contributed by atoms with E-state index in [0.717, 1.165) is 11.1 Å². The first-order valence-electron chi connectivity index (χ1n) is 9.27. The van der Waals surface area contributed by atoms with Crippen LogP contribution in [0.1, 0.15) is 5.56 Å². The number of carbonyl (C=O) groups excluding carboxylic acids is 1. The Hall–Kier alpha value is -4.00. The van der Waals surface area contributed by atoms with Gasteiger partial charge in [0.05, 0.1) is 11.3 Å². The highest BCUT2D eigenvalue weighted by Crippen LogP contribution is 2.30. The number of hydrogen-bond acceptors (Lipinski definition) is 5. The molecule has 30 heavy (non-hydrogen) atoms. The topological polar surface area (TPSA) is 77.2 Å². The molecule has 1 N–H and O–H groups in total. The van der Waals surface area contributed by atoms with Crippen molar-refractivity contribution in [3.05, 3.63) is 84.2 Å². The molecule has 1 heterocycles. The minimum atomic E-state index is -0.513. The summed E-state index contributed by atoms with van der Waals surface area (Å²) in [4.78, 5) is 16.6. The first kappa shape index (κ1) is 19.3. The van der Waals surface area contributed by atoms with Gasteiger partial charge in [0, 0.05) is 5.56 Å². The van der Waals surface area contributed by atoms with Crippen molar-refractivity contribution in [2.75, 3.05) is 11.9 Å². The summed E-state index contributed by atoms with van der Waals surface area (Å²) in [5.41, 5.74) is 2.62. The lowest BCUT2D eigenvalue weighted by atomic mass is 10.1. The second kappa shape index (κ2) is 8.57. The molecule has 1 aromatic heterocycles. The van der Waals surface area contributed by atoms with E-state index in [0.29, 0.717) is 17.1 Å². The molecule has 7 heteroatoms. The highest BCUT2D eigenvalue weighted by Gasteiger charge is 2.16. The molecule has 150 valence electrons. The maximum Gasteiger partial charge on any atom is 0.262 e. The molecule has 0 aliphatic rings. The Morgan fingerprint density at radius 3 is 2.57 bits per heavy atom. The van der Waals surface area contributed by atoms with Crippen molar-refractivity contribution in [1.29, 1.82) is 0 Å². The largest absolute Gasteiger partial charge is 0.483 e. The first-order valence-corrected chi connectivity index (χ1v) is 9.27. The number of aromatic nitrogens is 2. The molecule has 4 aromatic rings. The number of ether oxygens (including phenoxy) is 1. The molecular formula is C23H18FN3O3. The minimum absolute atomic E-state index is 0.0963. The summed E-state index contributed by atoms with van der Waals surface area (Å²) in [6.45, 7) is 1.70. The van der Waals surface area contributed by atoms with E-state index < -0.39 is 11.7 Å². The second-order valence-corrected chi connectivity index (χ2v) is 6.60. The van der Waals surface area contributed by atoms with Crippen molar-refractivity contribution in [1.82, 2.24) is 10.1 Å². The summed E-state index contributed by atoms with van der Waals surface area (Å²) in [6, 6.07) is 20.7. The maximum atomic E-state index is 13.7. The van der Waals surface area contributed by atoms with Gasteiger partial charge in [0.25, 0.3) is 11.8 Å². The van der Waals surface area contributed by atoms with Crippen LogP contribution in [0, 0.1) is 12.7 Å². The van der Waals surface area contributed by atoms with Crippen LogP contribution < -0.4 is 10.1 Å². The average Bonchev–Trinajstić information content (AvgIpc) is 3.25. The first-order chi connectivity index (χ1) is 14.6. The van der Waals surface area contributed by atoms with Gasteiger partial charge in [-0.2, -0.15) is 4.98 Å². The van der Waals surface area contributed by atoms with Gasteiger partial charge in [-0.25, -0.2) is 4.39 Å². The van der Waals surface area contributed by atoms with Crippen LogP contribution in [-0.4, -0.2) is 22.7 Å². The number of amides is 1. The predicted octanol–water partition coefficient (Wildman–Crippen LogP) is 4.87. The minimum Gasteiger partial charge on any atom is -0.483 e. The number of carbonyl (C=O) groups is 1. The molecule has 0 saturated carbocycles. The van der Waals surface area contributed by atoms with Crippen molar-refractivity contribution in [2.24, 2.45) is 0 Å². The van der Waals surface area contributed by atoms with Crippen LogP contribution in [0.4, 0.5) is 10.1 Å². The molecular weight excluding hydrogens is 385 g/mol. The van der Waals surface area contributed by atoms with Crippen molar-refractivity contribution in [2.45, 2.75) is 6.92 Å². The Morgan fingerprint density at radius 1 is 1.03 bits per heavy atom. The fraction of sp³-hybridized carbons (Fsp3) is 0.0870. The molecule has 0 atom stereocenters. The molecule has 0 unspecified atom stereocenters. The molecule has 0 spiro atoms. The monoisotopic (exact) mass is 403 g/mol. The molecule has 3 aromatic carbocycles. The van der Waals surface area contributed by atoms with Crippen LogP contribution >= 0.6 is 0 Å². The summed E-state index contributed by atoms with van der Waals surface area (Å²) < 4.78 is 24.7. The number of nitrogens with one attached hydrogen (secondary N) is 1. The third kappa shape index (κ3) is 4.35. The number of aryl methyl sites for hydroxylation is 1. The molecule has 6 nitrogen and oxygen atoms in total. The normalized spacial score (nSPS) is 10.6. The van der Waals surface area contributed by atoms with E-state index in [9.17, 15) is 9.18 Å². The van der Waals surface area contributed by atoms with E-state index in [1.165, 1.54) is 12.1 Å². The van der Waals surface area contributed by atoms with Crippen molar-refractivity contribution in [3.63, 3.8) is 0 Å². The third-order valence-electron chi connectivity index (χ3n) is 4.36. The molecule has 0 saturated heterocycles. The standard InChI is InChI=1S/C23H18FN3O3/c1-15-10-12-16(13-11-15)22-26-23(30-27-22)17-6-2-5-9-20(17)29-14-21(28)25-19-8-4-3-7-18(19)24/h2-13H,14H2,1H3,(H,25,28). The van der Waals surface area contributed by atoms with Crippen LogP contribution in [0.2, 0.25) is 0 Å². The lowest BCUT2D eigenvalue weighted by Gasteiger charge is -2.10. The lowest BCUT2D eigenvalue weighted by Crippen LogP contribution is -2.20. The highest BCUT2D eigenvalue weighted by atomic mass is 19.1. The lowest BCUT2D eigenvalue weighted by molar-refractivity contribution is -0.118. The summed E-state index contributed by atoms with van der Waals surface area (Å²) in [6.07, 6.45) is 0. The average molecular weight is 403 g/mol. The number of halogens is 1. The Morgan fingerprint density at radius 2 is 1.77 bits per heavy atom. The van der Waals surface area contributed by atoms with Gasteiger partial charge in [-0.15, -0.1) is 0 Å². The smallest absolute Gasteiger partial charge is 0.262 e. The quantitative estimate of drug-likeness (QED) is 0.497. The van der Waals surface area contributed by atoms with E-state index in [4.69, 9.17) is 9.26 Å². The van der Waals surface area contributed by atoms with Gasteiger partial charge in [-0.05, 0) is 31.2 Å². The van der Waals surface area contributed by atoms with E-state index in [-0.39, 0.29) is 18.2 Å². The van der Waals surface area contributed by atoms with E-state index in [2.05, 4.69) is 15.5 Å². The zero-order chi connectivity index (χ0) is 20.9. The summed E-state index contributed by atoms with van der Waals surface area (Å²) in [5.74, 6) is 0.134. The van der Waals surface area contributed by atoms with Crippen LogP contribution in [0.5, 0.6) is 5.75 Å². The second-order valence-electron chi connectivity index (χ2n) is 6.60. The Kier molecular flexibility index (Phi) is 5.52. The number of rotatable bonds is 6. The van der Waals surface area contributed by atoms with Gasteiger partial charge < -0.3 is 14.6 Å². The van der Waals surface area contributed by atoms with E-state index in [1.54, 1.807) is 36.4 Å². The molecule has 0 bridgehead atoms. The number of benzene rings is 3. The van der Waals surface area contributed by atoms with Crippen LogP contribution in [0.25, 0.3) is 22.8 Å². The van der Waals surface area contributed by atoms with Gasteiger partial charge in [0.2, 0.25) is 5.82 Å². The number of nitrogens with zero attached hydrogens (tertiary/aromatic N) is 2. The Labute approximate surface area is 172 Å². The zero-order valence-corrected chi connectivity index (χ0v) is 16.1. The summed E-state index contributed by atoms with van der Waals surface area (Å²) >= 11 is 0. The molecule has 0 fully saturated rings. The van der Waals surface area contributed by atoms with Crippen LogP contribution in [0.3, 0.4) is 0 Å². The van der Waals surface area contributed by atoms with Crippen molar-refractivity contribution < 1.29 is 18.4 Å². The summed E-state index contributed by atoms with van der Waals surface area (Å²) in [7, 11) is 0.